The molecule has 1 fully saturated rings. The summed E-state index contributed by atoms with van der Waals surface area (Å²) in [5.74, 6) is -0.300. The van der Waals surface area contributed by atoms with Crippen molar-refractivity contribution in [2.45, 2.75) is 12.5 Å². The Balaban J connectivity index is 1.50. The second kappa shape index (κ2) is 7.12. The van der Waals surface area contributed by atoms with Crippen LogP contribution in [0.5, 0.6) is 0 Å². The van der Waals surface area contributed by atoms with Crippen LogP contribution < -0.4 is 21.5 Å². The number of aryl methyl sites for hydroxylation is 1. The Bertz CT molecular complexity index is 1170. The summed E-state index contributed by atoms with van der Waals surface area (Å²) in [5, 5.41) is 3.87. The van der Waals surface area contributed by atoms with Gasteiger partial charge in [-0.25, -0.2) is 9.78 Å². The molecule has 9 heteroatoms. The Labute approximate surface area is 164 Å². The van der Waals surface area contributed by atoms with Crippen LogP contribution in [0.15, 0.2) is 46.1 Å². The number of rotatable bonds is 3. The van der Waals surface area contributed by atoms with Gasteiger partial charge >= 0.3 is 5.69 Å². The molecule has 1 aliphatic rings. The maximum absolute atomic E-state index is 12.6. The molecule has 0 spiro atoms. The van der Waals surface area contributed by atoms with Crippen LogP contribution in [0.3, 0.4) is 0 Å². The van der Waals surface area contributed by atoms with E-state index in [0.29, 0.717) is 11.6 Å². The van der Waals surface area contributed by atoms with E-state index in [0.717, 1.165) is 18.7 Å². The summed E-state index contributed by atoms with van der Waals surface area (Å²) in [6.45, 7) is 1.51. The first-order valence-corrected chi connectivity index (χ1v) is 9.20. The Morgan fingerprint density at radius 1 is 1.29 bits per heavy atom. The first kappa shape index (κ1) is 18.2. The van der Waals surface area contributed by atoms with Crippen molar-refractivity contribution in [1.29, 1.82) is 0 Å². The lowest BCUT2D eigenvalue weighted by Crippen LogP contribution is -2.37. The Kier molecular flexibility index (Phi) is 4.64. The smallest absolute Gasteiger partial charge is 0.329 e. The lowest BCUT2D eigenvalue weighted by molar-refractivity contribution is 0.0940. The zero-order valence-electron chi connectivity index (χ0n) is 15.1. The predicted molar refractivity (Wildman–Crippen MR) is 107 cm³/mol. The van der Waals surface area contributed by atoms with Gasteiger partial charge in [-0.15, -0.1) is 0 Å². The van der Waals surface area contributed by atoms with Crippen molar-refractivity contribution in [1.82, 2.24) is 19.9 Å². The lowest BCUT2D eigenvalue weighted by Gasteiger charge is -2.19. The minimum Gasteiger partial charge on any atom is -0.369 e. The Morgan fingerprint density at radius 3 is 2.79 bits per heavy atom. The van der Waals surface area contributed by atoms with Crippen molar-refractivity contribution in [3.8, 4) is 0 Å². The number of fused-ring (bicyclic) bond motifs is 1. The fourth-order valence-corrected chi connectivity index (χ4v) is 3.52. The van der Waals surface area contributed by atoms with Crippen LogP contribution in [0.4, 0.5) is 5.69 Å². The highest BCUT2D eigenvalue weighted by Gasteiger charge is 2.25. The first-order valence-electron chi connectivity index (χ1n) is 8.83. The molecule has 4 rings (SSSR count). The molecule has 2 N–H and O–H groups in total. The van der Waals surface area contributed by atoms with Crippen LogP contribution in [0, 0.1) is 0 Å². The van der Waals surface area contributed by atoms with Gasteiger partial charge in [0.05, 0.1) is 10.9 Å². The van der Waals surface area contributed by atoms with Crippen molar-refractivity contribution in [3.05, 3.63) is 68.0 Å². The lowest BCUT2D eigenvalue weighted by atomic mass is 10.2. The molecular formula is C19H18ClN5O3. The van der Waals surface area contributed by atoms with E-state index >= 15 is 0 Å². The number of anilines is 1. The third kappa shape index (κ3) is 3.38. The van der Waals surface area contributed by atoms with Gasteiger partial charge in [0.1, 0.15) is 5.65 Å². The molecule has 8 nitrogen and oxygen atoms in total. The van der Waals surface area contributed by atoms with Crippen LogP contribution >= 0.6 is 11.6 Å². The molecule has 3 heterocycles. The summed E-state index contributed by atoms with van der Waals surface area (Å²) in [7, 11) is 1.51. The highest BCUT2D eigenvalue weighted by molar-refractivity contribution is 6.30. The van der Waals surface area contributed by atoms with Gasteiger partial charge in [-0.3, -0.25) is 19.1 Å². The SMILES string of the molecule is Cn1c(=O)[nH]c(=O)c2cc(C(=O)NC3CCN(c4ccc(Cl)cc4)C3)cnc21. The Hall–Kier alpha value is -3.13. The first-order chi connectivity index (χ1) is 13.4. The molecule has 1 aliphatic heterocycles. The molecule has 0 aliphatic carbocycles. The van der Waals surface area contributed by atoms with Crippen LogP contribution in [-0.2, 0) is 7.05 Å². The van der Waals surface area contributed by atoms with E-state index in [1.54, 1.807) is 0 Å². The minimum absolute atomic E-state index is 0.0164. The van der Waals surface area contributed by atoms with Gasteiger partial charge in [0.25, 0.3) is 11.5 Å². The van der Waals surface area contributed by atoms with Gasteiger partial charge in [-0.1, -0.05) is 11.6 Å². The predicted octanol–water partition coefficient (Wildman–Crippen LogP) is 1.28. The number of nitrogens with one attached hydrogen (secondary N) is 2. The van der Waals surface area contributed by atoms with Crippen molar-refractivity contribution in [3.63, 3.8) is 0 Å². The third-order valence-corrected chi connectivity index (χ3v) is 5.18. The minimum atomic E-state index is -0.560. The number of carbonyl (C=O) groups is 1. The normalized spacial score (nSPS) is 16.5. The zero-order chi connectivity index (χ0) is 19.8. The van der Waals surface area contributed by atoms with E-state index < -0.39 is 11.2 Å². The second-order valence-electron chi connectivity index (χ2n) is 6.79. The van der Waals surface area contributed by atoms with Crippen LogP contribution in [0.25, 0.3) is 11.0 Å². The van der Waals surface area contributed by atoms with E-state index in [1.165, 1.54) is 23.9 Å². The fraction of sp³-hybridized carbons (Fsp3) is 0.263. The standard InChI is InChI=1S/C19H18ClN5O3/c1-24-16-15(18(27)23-19(24)28)8-11(9-21-16)17(26)22-13-6-7-25(10-13)14-4-2-12(20)3-5-14/h2-5,8-9,13H,6-7,10H2,1H3,(H,22,26)(H,23,27,28). The third-order valence-electron chi connectivity index (χ3n) is 4.93. The molecule has 1 atom stereocenters. The summed E-state index contributed by atoms with van der Waals surface area (Å²) in [6.07, 6.45) is 2.19. The molecule has 1 unspecified atom stereocenters. The molecule has 28 heavy (non-hydrogen) atoms. The number of H-pyrrole nitrogens is 1. The molecule has 144 valence electrons. The number of hydrogen-bond acceptors (Lipinski definition) is 5. The summed E-state index contributed by atoms with van der Waals surface area (Å²) in [6, 6.07) is 9.04. The quantitative estimate of drug-likeness (QED) is 0.691. The van der Waals surface area contributed by atoms with E-state index in [2.05, 4.69) is 20.2 Å². The van der Waals surface area contributed by atoms with Crippen LogP contribution in [-0.4, -0.2) is 39.6 Å². The molecule has 0 bridgehead atoms. The molecule has 3 aromatic rings. The molecule has 1 saturated heterocycles. The van der Waals surface area contributed by atoms with Gasteiger partial charge in [0.15, 0.2) is 0 Å². The number of halogens is 1. The molecule has 0 saturated carbocycles. The number of aromatic amines is 1. The average molecular weight is 400 g/mol. The van der Waals surface area contributed by atoms with E-state index in [9.17, 15) is 14.4 Å². The van der Waals surface area contributed by atoms with Crippen molar-refractivity contribution < 1.29 is 4.79 Å². The van der Waals surface area contributed by atoms with E-state index in [-0.39, 0.29) is 28.5 Å². The number of hydrogen-bond donors (Lipinski definition) is 2. The van der Waals surface area contributed by atoms with Crippen molar-refractivity contribution in [2.24, 2.45) is 7.05 Å². The highest BCUT2D eigenvalue weighted by atomic mass is 35.5. The molecule has 1 aromatic carbocycles. The Morgan fingerprint density at radius 2 is 2.04 bits per heavy atom. The van der Waals surface area contributed by atoms with Gasteiger partial charge in [-0.2, -0.15) is 0 Å². The number of nitrogens with zero attached hydrogens (tertiary/aromatic N) is 3. The second-order valence-corrected chi connectivity index (χ2v) is 7.23. The van der Waals surface area contributed by atoms with Crippen LogP contribution in [0.2, 0.25) is 5.02 Å². The fourth-order valence-electron chi connectivity index (χ4n) is 3.39. The highest BCUT2D eigenvalue weighted by Crippen LogP contribution is 2.22. The molecule has 2 aromatic heterocycles. The van der Waals surface area contributed by atoms with E-state index in [1.807, 2.05) is 24.3 Å². The van der Waals surface area contributed by atoms with Gasteiger partial charge in [0, 0.05) is 43.1 Å². The summed E-state index contributed by atoms with van der Waals surface area (Å²) in [5.41, 5.74) is 0.466. The maximum atomic E-state index is 12.6. The monoisotopic (exact) mass is 399 g/mol. The molecular weight excluding hydrogens is 382 g/mol. The molecule has 0 radical (unpaired) electrons. The van der Waals surface area contributed by atoms with Gasteiger partial charge in [0.2, 0.25) is 0 Å². The van der Waals surface area contributed by atoms with Crippen LogP contribution in [0.1, 0.15) is 16.8 Å². The number of amides is 1. The topological polar surface area (TPSA) is 100 Å². The average Bonchev–Trinajstić information content (AvgIpc) is 3.15. The van der Waals surface area contributed by atoms with Gasteiger partial charge in [-0.05, 0) is 36.8 Å². The van der Waals surface area contributed by atoms with Gasteiger partial charge < -0.3 is 10.2 Å². The maximum Gasteiger partial charge on any atom is 0.329 e. The number of carbonyl (C=O) groups excluding carboxylic acids is 1. The zero-order valence-corrected chi connectivity index (χ0v) is 15.9. The van der Waals surface area contributed by atoms with Crippen molar-refractivity contribution in [2.75, 3.05) is 18.0 Å². The summed E-state index contributed by atoms with van der Waals surface area (Å²) < 4.78 is 1.24. The number of pyridine rings is 1. The number of aromatic nitrogens is 3. The molecule has 1 amide bonds. The summed E-state index contributed by atoms with van der Waals surface area (Å²) in [4.78, 5) is 44.8. The number of benzene rings is 1. The largest absolute Gasteiger partial charge is 0.369 e. The van der Waals surface area contributed by atoms with E-state index in [4.69, 9.17) is 11.6 Å². The summed E-state index contributed by atoms with van der Waals surface area (Å²) >= 11 is 5.93. The van der Waals surface area contributed by atoms with Crippen molar-refractivity contribution >= 4 is 34.2 Å².